The molecule has 1 saturated heterocycles. The van der Waals surface area contributed by atoms with Gasteiger partial charge in [-0.05, 0) is 24.1 Å². The molecule has 1 aliphatic rings. The van der Waals surface area contributed by atoms with Crippen LogP contribution in [-0.2, 0) is 9.47 Å². The van der Waals surface area contributed by atoms with Gasteiger partial charge < -0.3 is 14.6 Å². The summed E-state index contributed by atoms with van der Waals surface area (Å²) in [5.41, 5.74) is 1.27. The second kappa shape index (κ2) is 7.41. The summed E-state index contributed by atoms with van der Waals surface area (Å²) in [4.78, 5) is 10.8. The van der Waals surface area contributed by atoms with Gasteiger partial charge in [-0.3, -0.25) is 0 Å². The SMILES string of the molecule is CCCCC[C@H]1CO[C@H](c2ccc(C(=O)O)cc2)CO1. The molecule has 4 nitrogen and oxygen atoms in total. The first-order valence-electron chi connectivity index (χ1n) is 7.27. The number of hydrogen-bond acceptors (Lipinski definition) is 3. The van der Waals surface area contributed by atoms with E-state index in [9.17, 15) is 4.79 Å². The van der Waals surface area contributed by atoms with Crippen LogP contribution in [0.5, 0.6) is 0 Å². The number of carboxylic acids is 1. The lowest BCUT2D eigenvalue weighted by atomic mass is 10.1. The second-order valence-electron chi connectivity index (χ2n) is 5.20. The van der Waals surface area contributed by atoms with Crippen LogP contribution in [0.15, 0.2) is 24.3 Å². The van der Waals surface area contributed by atoms with Crippen molar-refractivity contribution in [3.63, 3.8) is 0 Å². The molecule has 1 N–H and O–H groups in total. The molecule has 2 atom stereocenters. The molecule has 4 heteroatoms. The van der Waals surface area contributed by atoms with Crippen LogP contribution in [0.25, 0.3) is 0 Å². The molecule has 0 saturated carbocycles. The highest BCUT2D eigenvalue weighted by Crippen LogP contribution is 2.25. The van der Waals surface area contributed by atoms with Crippen molar-refractivity contribution in [2.75, 3.05) is 13.2 Å². The standard InChI is InChI=1S/C16H22O4/c1-2-3-4-5-14-10-20-15(11-19-14)12-6-8-13(9-7-12)16(17)18/h6-9,14-15H,2-5,10-11H2,1H3,(H,17,18)/t14-,15-/m0/s1. The van der Waals surface area contributed by atoms with Gasteiger partial charge >= 0.3 is 5.97 Å². The third-order valence-corrected chi connectivity index (χ3v) is 3.63. The Morgan fingerprint density at radius 2 is 1.95 bits per heavy atom. The molecule has 1 heterocycles. The first-order chi connectivity index (χ1) is 9.70. The van der Waals surface area contributed by atoms with Crippen LogP contribution >= 0.6 is 0 Å². The first kappa shape index (κ1) is 15.0. The number of hydrogen-bond donors (Lipinski definition) is 1. The van der Waals surface area contributed by atoms with Crippen molar-refractivity contribution in [1.29, 1.82) is 0 Å². The molecule has 0 radical (unpaired) electrons. The van der Waals surface area contributed by atoms with E-state index < -0.39 is 5.97 Å². The van der Waals surface area contributed by atoms with Gasteiger partial charge in [0.15, 0.2) is 0 Å². The van der Waals surface area contributed by atoms with Gasteiger partial charge in [0.1, 0.15) is 6.10 Å². The minimum atomic E-state index is -0.909. The van der Waals surface area contributed by atoms with Crippen molar-refractivity contribution in [3.8, 4) is 0 Å². The number of unbranched alkanes of at least 4 members (excludes halogenated alkanes) is 2. The lowest BCUT2D eigenvalue weighted by Gasteiger charge is -2.30. The highest BCUT2D eigenvalue weighted by atomic mass is 16.6. The second-order valence-corrected chi connectivity index (χ2v) is 5.20. The van der Waals surface area contributed by atoms with Gasteiger partial charge in [-0.25, -0.2) is 4.79 Å². The summed E-state index contributed by atoms with van der Waals surface area (Å²) in [5, 5.41) is 8.87. The number of aromatic carboxylic acids is 1. The highest BCUT2D eigenvalue weighted by Gasteiger charge is 2.23. The molecule has 0 aliphatic carbocycles. The monoisotopic (exact) mass is 278 g/mol. The van der Waals surface area contributed by atoms with Gasteiger partial charge in [0.25, 0.3) is 0 Å². The van der Waals surface area contributed by atoms with Crippen LogP contribution in [0.3, 0.4) is 0 Å². The smallest absolute Gasteiger partial charge is 0.335 e. The lowest BCUT2D eigenvalue weighted by molar-refractivity contribution is -0.137. The minimum Gasteiger partial charge on any atom is -0.478 e. The zero-order valence-corrected chi connectivity index (χ0v) is 11.9. The average Bonchev–Trinajstić information content (AvgIpc) is 2.48. The van der Waals surface area contributed by atoms with Gasteiger partial charge in [-0.15, -0.1) is 0 Å². The molecule has 2 rings (SSSR count). The molecule has 0 bridgehead atoms. The third-order valence-electron chi connectivity index (χ3n) is 3.63. The van der Waals surface area contributed by atoms with E-state index in [0.717, 1.165) is 12.0 Å². The van der Waals surface area contributed by atoms with E-state index in [4.69, 9.17) is 14.6 Å². The molecule has 1 aromatic carbocycles. The minimum absolute atomic E-state index is 0.0831. The molecule has 20 heavy (non-hydrogen) atoms. The van der Waals surface area contributed by atoms with E-state index in [1.807, 2.05) is 0 Å². The molecule has 1 aliphatic heterocycles. The number of rotatable bonds is 6. The maximum Gasteiger partial charge on any atom is 0.335 e. The van der Waals surface area contributed by atoms with Crippen molar-refractivity contribution < 1.29 is 19.4 Å². The quantitative estimate of drug-likeness (QED) is 0.810. The van der Waals surface area contributed by atoms with Crippen molar-refractivity contribution in [2.45, 2.75) is 44.8 Å². The molecule has 0 unspecified atom stereocenters. The van der Waals surface area contributed by atoms with Gasteiger partial charge in [0.2, 0.25) is 0 Å². The van der Waals surface area contributed by atoms with Crippen LogP contribution in [0.1, 0.15) is 54.6 Å². The number of carbonyl (C=O) groups is 1. The van der Waals surface area contributed by atoms with Crippen LogP contribution in [0.4, 0.5) is 0 Å². The normalized spacial score (nSPS) is 22.6. The predicted molar refractivity (Wildman–Crippen MR) is 76.0 cm³/mol. The van der Waals surface area contributed by atoms with Crippen molar-refractivity contribution in [3.05, 3.63) is 35.4 Å². The summed E-state index contributed by atoms with van der Waals surface area (Å²) in [5.74, 6) is -0.909. The maximum atomic E-state index is 10.8. The van der Waals surface area contributed by atoms with E-state index in [1.165, 1.54) is 19.3 Å². The zero-order valence-electron chi connectivity index (χ0n) is 11.9. The molecular weight excluding hydrogens is 256 g/mol. The van der Waals surface area contributed by atoms with Crippen LogP contribution in [-0.4, -0.2) is 30.4 Å². The Bertz CT molecular complexity index is 419. The summed E-state index contributed by atoms with van der Waals surface area (Å²) in [6, 6.07) is 6.81. The number of ether oxygens (including phenoxy) is 2. The Morgan fingerprint density at radius 3 is 2.50 bits per heavy atom. The van der Waals surface area contributed by atoms with E-state index in [1.54, 1.807) is 24.3 Å². The van der Waals surface area contributed by atoms with E-state index in [-0.39, 0.29) is 12.2 Å². The molecule has 0 amide bonds. The fraction of sp³-hybridized carbons (Fsp3) is 0.562. The van der Waals surface area contributed by atoms with Crippen molar-refractivity contribution in [2.24, 2.45) is 0 Å². The van der Waals surface area contributed by atoms with Crippen LogP contribution in [0, 0.1) is 0 Å². The summed E-state index contributed by atoms with van der Waals surface area (Å²) in [6.45, 7) is 3.35. The van der Waals surface area contributed by atoms with Crippen molar-refractivity contribution in [1.82, 2.24) is 0 Å². The van der Waals surface area contributed by atoms with Crippen LogP contribution in [0.2, 0.25) is 0 Å². The maximum absolute atomic E-state index is 10.8. The van der Waals surface area contributed by atoms with Gasteiger partial charge in [0, 0.05) is 0 Å². The Kier molecular flexibility index (Phi) is 5.56. The summed E-state index contributed by atoms with van der Waals surface area (Å²) < 4.78 is 11.7. The van der Waals surface area contributed by atoms with Gasteiger partial charge in [-0.1, -0.05) is 38.3 Å². The molecule has 110 valence electrons. The Labute approximate surface area is 119 Å². The Balaban J connectivity index is 1.82. The highest BCUT2D eigenvalue weighted by molar-refractivity contribution is 5.87. The number of carboxylic acid groups (broad SMARTS) is 1. The predicted octanol–water partition coefficient (Wildman–Crippen LogP) is 3.42. The zero-order chi connectivity index (χ0) is 14.4. The number of benzene rings is 1. The molecule has 0 spiro atoms. The fourth-order valence-electron chi connectivity index (χ4n) is 2.36. The molecule has 1 fully saturated rings. The third kappa shape index (κ3) is 4.05. The Morgan fingerprint density at radius 1 is 1.20 bits per heavy atom. The fourth-order valence-corrected chi connectivity index (χ4v) is 2.36. The summed E-state index contributed by atoms with van der Waals surface area (Å²) in [6.07, 6.45) is 4.81. The van der Waals surface area contributed by atoms with Gasteiger partial charge in [0.05, 0.1) is 24.9 Å². The lowest BCUT2D eigenvalue weighted by Crippen LogP contribution is -2.31. The van der Waals surface area contributed by atoms with Gasteiger partial charge in [-0.2, -0.15) is 0 Å². The van der Waals surface area contributed by atoms with E-state index >= 15 is 0 Å². The summed E-state index contributed by atoms with van der Waals surface area (Å²) >= 11 is 0. The molecule has 1 aromatic rings. The summed E-state index contributed by atoms with van der Waals surface area (Å²) in [7, 11) is 0. The average molecular weight is 278 g/mol. The van der Waals surface area contributed by atoms with E-state index in [2.05, 4.69) is 6.92 Å². The van der Waals surface area contributed by atoms with E-state index in [0.29, 0.717) is 18.8 Å². The Hall–Kier alpha value is -1.39. The van der Waals surface area contributed by atoms with Crippen molar-refractivity contribution >= 4 is 5.97 Å². The largest absolute Gasteiger partial charge is 0.478 e. The first-order valence-corrected chi connectivity index (χ1v) is 7.27. The topological polar surface area (TPSA) is 55.8 Å². The molecular formula is C16H22O4. The molecule has 0 aromatic heterocycles. The van der Waals surface area contributed by atoms with Crippen LogP contribution < -0.4 is 0 Å².